The van der Waals surface area contributed by atoms with Crippen LogP contribution in [-0.2, 0) is 0 Å². The quantitative estimate of drug-likeness (QED) is 0.612. The second-order valence-electron chi connectivity index (χ2n) is 3.94. The number of Topliss-reactive ketones (excluding diaryl/α,β-unsaturated/α-hetero) is 1. The van der Waals surface area contributed by atoms with E-state index in [4.69, 9.17) is 34.8 Å². The number of nitrogens with one attached hydrogen (secondary N) is 1. The van der Waals surface area contributed by atoms with Gasteiger partial charge in [0.25, 0.3) is 3.79 Å². The first kappa shape index (κ1) is 15.6. The average molecular weight is 395 g/mol. The molecule has 0 aliphatic heterocycles. The number of ketones is 2. The number of rotatable bonds is 3. The highest BCUT2D eigenvalue weighted by atomic mass is 79.9. The zero-order chi connectivity index (χ0) is 14.9. The summed E-state index contributed by atoms with van der Waals surface area (Å²) in [5.74, 6) is -0.953. The molecule has 0 unspecified atom stereocenters. The molecule has 0 saturated carbocycles. The first-order chi connectivity index (χ1) is 9.30. The van der Waals surface area contributed by atoms with E-state index in [1.54, 1.807) is 24.3 Å². The van der Waals surface area contributed by atoms with Gasteiger partial charge in [-0.05, 0) is 18.2 Å². The Balaban J connectivity index is 2.33. The number of hydrogen-bond donors (Lipinski definition) is 1. The van der Waals surface area contributed by atoms with E-state index in [1.165, 1.54) is 12.3 Å². The number of aromatic amines is 1. The zero-order valence-electron chi connectivity index (χ0n) is 9.79. The van der Waals surface area contributed by atoms with E-state index in [-0.39, 0.29) is 11.5 Å². The van der Waals surface area contributed by atoms with Crippen LogP contribution in [-0.4, -0.2) is 20.3 Å². The van der Waals surface area contributed by atoms with Gasteiger partial charge in [-0.3, -0.25) is 9.59 Å². The van der Waals surface area contributed by atoms with Crippen LogP contribution in [0.25, 0.3) is 0 Å². The van der Waals surface area contributed by atoms with Gasteiger partial charge in [0, 0.05) is 21.8 Å². The molecule has 20 heavy (non-hydrogen) atoms. The first-order valence-corrected chi connectivity index (χ1v) is 7.32. The summed E-state index contributed by atoms with van der Waals surface area (Å²) in [5.41, 5.74) is 0.870. The molecule has 0 fully saturated rings. The smallest absolute Gasteiger partial charge is 0.254 e. The summed E-state index contributed by atoms with van der Waals surface area (Å²) in [6, 6.07) is 8.35. The van der Waals surface area contributed by atoms with Crippen LogP contribution in [0.3, 0.4) is 0 Å². The fraction of sp³-hybridized carbons (Fsp3) is 0.0769. The van der Waals surface area contributed by atoms with E-state index >= 15 is 0 Å². The molecule has 2 aromatic rings. The summed E-state index contributed by atoms with van der Waals surface area (Å²) < 4.78 is -1.39. The molecule has 1 aromatic carbocycles. The molecule has 3 nitrogen and oxygen atoms in total. The summed E-state index contributed by atoms with van der Waals surface area (Å²) in [7, 11) is 0. The van der Waals surface area contributed by atoms with Gasteiger partial charge >= 0.3 is 0 Å². The number of carbonyl (C=O) groups excluding carboxylic acids is 2. The van der Waals surface area contributed by atoms with E-state index in [2.05, 4.69) is 20.9 Å². The third-order valence-corrected chi connectivity index (χ3v) is 3.77. The van der Waals surface area contributed by atoms with E-state index in [0.717, 1.165) is 0 Å². The van der Waals surface area contributed by atoms with Crippen molar-refractivity contribution in [1.82, 2.24) is 4.98 Å². The van der Waals surface area contributed by atoms with Crippen molar-refractivity contribution >= 4 is 62.3 Å². The van der Waals surface area contributed by atoms with Crippen molar-refractivity contribution in [1.29, 1.82) is 0 Å². The van der Waals surface area contributed by atoms with E-state index in [9.17, 15) is 9.59 Å². The lowest BCUT2D eigenvalue weighted by molar-refractivity contribution is 0.0992. The van der Waals surface area contributed by atoms with Gasteiger partial charge in [0.2, 0.25) is 5.78 Å². The number of alkyl halides is 3. The SMILES string of the molecule is O=C(c1c[nH]c(C(=O)C(Cl)(Cl)Cl)c1)c1ccccc1Br. The molecule has 0 amide bonds. The zero-order valence-corrected chi connectivity index (χ0v) is 13.6. The lowest BCUT2D eigenvalue weighted by Gasteiger charge is -2.06. The van der Waals surface area contributed by atoms with Crippen LogP contribution in [0.15, 0.2) is 41.0 Å². The van der Waals surface area contributed by atoms with Gasteiger partial charge in [0.1, 0.15) is 0 Å². The highest BCUT2D eigenvalue weighted by molar-refractivity contribution is 9.10. The molecule has 1 heterocycles. The Morgan fingerprint density at radius 3 is 2.40 bits per heavy atom. The third-order valence-electron chi connectivity index (χ3n) is 2.57. The van der Waals surface area contributed by atoms with Crippen molar-refractivity contribution in [3.63, 3.8) is 0 Å². The second-order valence-corrected chi connectivity index (χ2v) is 7.07. The molecule has 0 aliphatic rings. The summed E-state index contributed by atoms with van der Waals surface area (Å²) in [6.07, 6.45) is 1.41. The lowest BCUT2D eigenvalue weighted by atomic mass is 10.1. The monoisotopic (exact) mass is 393 g/mol. The molecule has 2 rings (SSSR count). The summed E-state index contributed by atoms with van der Waals surface area (Å²) >= 11 is 19.9. The molecule has 0 saturated heterocycles. The second kappa shape index (κ2) is 5.90. The standard InChI is InChI=1S/C13H7BrCl3NO2/c14-9-4-2-1-3-8(9)11(19)7-5-10(18-6-7)12(20)13(15,16)17/h1-6,18H. The summed E-state index contributed by atoms with van der Waals surface area (Å²) in [5, 5.41) is 0. The first-order valence-electron chi connectivity index (χ1n) is 5.40. The van der Waals surface area contributed by atoms with Crippen molar-refractivity contribution in [3.05, 3.63) is 57.8 Å². The molecule has 0 bridgehead atoms. The topological polar surface area (TPSA) is 49.9 Å². The maximum absolute atomic E-state index is 12.3. The summed E-state index contributed by atoms with van der Waals surface area (Å²) in [6.45, 7) is 0. The van der Waals surface area contributed by atoms with Crippen LogP contribution in [0.4, 0.5) is 0 Å². The van der Waals surface area contributed by atoms with Crippen LogP contribution in [0.5, 0.6) is 0 Å². The highest BCUT2D eigenvalue weighted by Crippen LogP contribution is 2.30. The predicted molar refractivity (Wildman–Crippen MR) is 83.0 cm³/mol. The number of H-pyrrole nitrogens is 1. The molecule has 7 heteroatoms. The van der Waals surface area contributed by atoms with Gasteiger partial charge < -0.3 is 4.98 Å². The number of carbonyl (C=O) groups is 2. The van der Waals surface area contributed by atoms with Crippen LogP contribution in [0.2, 0.25) is 0 Å². The lowest BCUT2D eigenvalue weighted by Crippen LogP contribution is -2.19. The van der Waals surface area contributed by atoms with Gasteiger partial charge in [0.15, 0.2) is 5.78 Å². The van der Waals surface area contributed by atoms with Gasteiger partial charge in [-0.15, -0.1) is 0 Å². The molecule has 1 aromatic heterocycles. The Bertz CT molecular complexity index is 676. The van der Waals surface area contributed by atoms with Crippen molar-refractivity contribution in [3.8, 4) is 0 Å². The fourth-order valence-corrected chi connectivity index (χ4v) is 2.38. The number of hydrogen-bond acceptors (Lipinski definition) is 2. The Morgan fingerprint density at radius 2 is 1.80 bits per heavy atom. The normalized spacial score (nSPS) is 11.4. The van der Waals surface area contributed by atoms with Gasteiger partial charge in [-0.1, -0.05) is 62.9 Å². The van der Waals surface area contributed by atoms with Gasteiger partial charge in [0.05, 0.1) is 5.69 Å². The van der Waals surface area contributed by atoms with E-state index < -0.39 is 9.58 Å². The van der Waals surface area contributed by atoms with Gasteiger partial charge in [-0.2, -0.15) is 0 Å². The van der Waals surface area contributed by atoms with Crippen molar-refractivity contribution < 1.29 is 9.59 Å². The minimum Gasteiger partial charge on any atom is -0.358 e. The minimum atomic E-state index is -2.06. The summed E-state index contributed by atoms with van der Waals surface area (Å²) in [4.78, 5) is 26.7. The molecule has 0 spiro atoms. The number of benzene rings is 1. The maximum atomic E-state index is 12.3. The molecule has 1 N–H and O–H groups in total. The van der Waals surface area contributed by atoms with Crippen molar-refractivity contribution in [2.24, 2.45) is 0 Å². The van der Waals surface area contributed by atoms with E-state index in [1.807, 2.05) is 0 Å². The molecule has 0 radical (unpaired) electrons. The van der Waals surface area contributed by atoms with E-state index in [0.29, 0.717) is 15.6 Å². The number of aromatic nitrogens is 1. The van der Waals surface area contributed by atoms with Gasteiger partial charge in [-0.25, -0.2) is 0 Å². The molecular weight excluding hydrogens is 388 g/mol. The van der Waals surface area contributed by atoms with Crippen LogP contribution in [0.1, 0.15) is 26.4 Å². The Kier molecular flexibility index (Phi) is 4.59. The third kappa shape index (κ3) is 3.26. The Morgan fingerprint density at radius 1 is 1.15 bits per heavy atom. The number of halogens is 4. The van der Waals surface area contributed by atoms with Crippen LogP contribution >= 0.6 is 50.7 Å². The minimum absolute atomic E-state index is 0.0698. The predicted octanol–water partition coefficient (Wildman–Crippen LogP) is 4.56. The van der Waals surface area contributed by atoms with Crippen molar-refractivity contribution in [2.75, 3.05) is 0 Å². The fourth-order valence-electron chi connectivity index (χ4n) is 1.61. The highest BCUT2D eigenvalue weighted by Gasteiger charge is 2.33. The van der Waals surface area contributed by atoms with Crippen LogP contribution < -0.4 is 0 Å². The molecule has 0 aliphatic carbocycles. The average Bonchev–Trinajstić information content (AvgIpc) is 2.86. The Hall–Kier alpha value is -0.810. The molecule has 0 atom stereocenters. The van der Waals surface area contributed by atoms with Crippen LogP contribution in [0, 0.1) is 0 Å². The Labute approximate surface area is 138 Å². The van der Waals surface area contributed by atoms with Crippen molar-refractivity contribution in [2.45, 2.75) is 3.79 Å². The largest absolute Gasteiger partial charge is 0.358 e. The molecule has 104 valence electrons. The maximum Gasteiger partial charge on any atom is 0.254 e. The molecular formula is C13H7BrCl3NO2.